The molecule has 1 aliphatic heterocycles. The molecule has 0 amide bonds. The van der Waals surface area contributed by atoms with Gasteiger partial charge >= 0.3 is 6.61 Å². The molecule has 1 aromatic carbocycles. The second-order valence-corrected chi connectivity index (χ2v) is 6.58. The van der Waals surface area contributed by atoms with Gasteiger partial charge in [0.25, 0.3) is 5.78 Å². The van der Waals surface area contributed by atoms with E-state index in [-0.39, 0.29) is 11.9 Å². The maximum atomic E-state index is 12.5. The second kappa shape index (κ2) is 8.05. The van der Waals surface area contributed by atoms with E-state index in [0.29, 0.717) is 25.5 Å². The Hall–Kier alpha value is -2.81. The summed E-state index contributed by atoms with van der Waals surface area (Å²) in [6.07, 6.45) is 3.07. The molecule has 1 fully saturated rings. The second-order valence-electron chi connectivity index (χ2n) is 6.58. The smallest absolute Gasteiger partial charge is 0.387 e. The molecule has 1 saturated heterocycles. The summed E-state index contributed by atoms with van der Waals surface area (Å²) in [5.74, 6) is 1.59. The van der Waals surface area contributed by atoms with Crippen molar-refractivity contribution in [3.63, 3.8) is 0 Å². The van der Waals surface area contributed by atoms with Gasteiger partial charge in [0.2, 0.25) is 0 Å². The van der Waals surface area contributed by atoms with Crippen LogP contribution in [-0.4, -0.2) is 45.9 Å². The highest BCUT2D eigenvalue weighted by molar-refractivity contribution is 5.48. The number of alkyl halides is 2. The number of aryl methyl sites for hydroxylation is 1. The number of nitrogens with zero attached hydrogens (tertiary/aromatic N) is 5. The molecule has 0 saturated carbocycles. The summed E-state index contributed by atoms with van der Waals surface area (Å²) < 4.78 is 37.2. The molecule has 0 radical (unpaired) electrons. The maximum Gasteiger partial charge on any atom is 0.387 e. The van der Waals surface area contributed by atoms with E-state index in [9.17, 15) is 8.78 Å². The average Bonchev–Trinajstić information content (AvgIpc) is 3.16. The van der Waals surface area contributed by atoms with Crippen LogP contribution in [0.3, 0.4) is 0 Å². The highest BCUT2D eigenvalue weighted by atomic mass is 19.3. The van der Waals surface area contributed by atoms with Crippen LogP contribution in [0.2, 0.25) is 0 Å². The van der Waals surface area contributed by atoms with Crippen molar-refractivity contribution in [3.8, 4) is 5.75 Å². The van der Waals surface area contributed by atoms with Gasteiger partial charge < -0.3 is 14.4 Å². The number of hydrogen-bond acceptors (Lipinski definition) is 6. The number of fused-ring (bicyclic) bond motifs is 1. The van der Waals surface area contributed by atoms with Gasteiger partial charge in [0.05, 0.1) is 6.61 Å². The first-order chi connectivity index (χ1) is 13.6. The summed E-state index contributed by atoms with van der Waals surface area (Å²) in [7, 11) is 0. The third-order valence-electron chi connectivity index (χ3n) is 4.64. The molecule has 28 heavy (non-hydrogen) atoms. The number of ether oxygens (including phenoxy) is 2. The summed E-state index contributed by atoms with van der Waals surface area (Å²) in [6.45, 7) is 1.01. The van der Waals surface area contributed by atoms with Crippen LogP contribution < -0.4 is 9.64 Å². The fraction of sp³-hybridized carbons (Fsp3) is 0.421. The van der Waals surface area contributed by atoms with Crippen molar-refractivity contribution in [2.75, 3.05) is 24.6 Å². The molecule has 1 aliphatic rings. The van der Waals surface area contributed by atoms with Crippen LogP contribution in [0.15, 0.2) is 36.7 Å². The van der Waals surface area contributed by atoms with Gasteiger partial charge in [-0.3, -0.25) is 0 Å². The quantitative estimate of drug-likeness (QED) is 0.645. The zero-order valence-corrected chi connectivity index (χ0v) is 15.5. The topological polar surface area (TPSA) is 64.8 Å². The number of rotatable bonds is 6. The van der Waals surface area contributed by atoms with Crippen molar-refractivity contribution in [2.24, 2.45) is 0 Å². The van der Waals surface area contributed by atoms with Crippen LogP contribution in [0.4, 0.5) is 14.6 Å². The Morgan fingerprint density at radius 2 is 2.21 bits per heavy atom. The normalized spacial score (nSPS) is 17.4. The molecule has 0 N–H and O–H groups in total. The minimum absolute atomic E-state index is 0.126. The van der Waals surface area contributed by atoms with Crippen LogP contribution in [0, 0.1) is 0 Å². The molecule has 3 aromatic rings. The zero-order valence-electron chi connectivity index (χ0n) is 15.5. The van der Waals surface area contributed by atoms with Crippen LogP contribution in [-0.2, 0) is 11.2 Å². The molecule has 148 valence electrons. The molecule has 0 spiro atoms. The molecule has 0 aliphatic carbocycles. The van der Waals surface area contributed by atoms with E-state index in [1.54, 1.807) is 16.6 Å². The van der Waals surface area contributed by atoms with Crippen molar-refractivity contribution >= 4 is 11.6 Å². The van der Waals surface area contributed by atoms with Gasteiger partial charge in [-0.15, -0.1) is 0 Å². The van der Waals surface area contributed by atoms with Crippen molar-refractivity contribution in [1.82, 2.24) is 19.6 Å². The van der Waals surface area contributed by atoms with Crippen LogP contribution in [0.1, 0.15) is 30.7 Å². The summed E-state index contributed by atoms with van der Waals surface area (Å²) in [4.78, 5) is 10.9. The van der Waals surface area contributed by atoms with E-state index < -0.39 is 6.61 Å². The summed E-state index contributed by atoms with van der Waals surface area (Å²) in [5.41, 5.74) is 1.76. The molecule has 1 atom stereocenters. The molecule has 9 heteroatoms. The van der Waals surface area contributed by atoms with Gasteiger partial charge in [-0.1, -0.05) is 25.5 Å². The number of aromatic nitrogens is 4. The number of morpholine rings is 1. The number of anilines is 1. The highest BCUT2D eigenvalue weighted by Gasteiger charge is 2.25. The third kappa shape index (κ3) is 3.89. The van der Waals surface area contributed by atoms with Gasteiger partial charge in [0, 0.05) is 24.8 Å². The lowest BCUT2D eigenvalue weighted by molar-refractivity contribution is -0.0501. The Bertz CT molecular complexity index is 949. The molecular formula is C19H21F2N5O2. The predicted molar refractivity (Wildman–Crippen MR) is 98.8 cm³/mol. The van der Waals surface area contributed by atoms with E-state index >= 15 is 0 Å². The van der Waals surface area contributed by atoms with Gasteiger partial charge in [-0.25, -0.2) is 4.98 Å². The fourth-order valence-electron chi connectivity index (χ4n) is 3.40. The molecule has 3 heterocycles. The minimum atomic E-state index is -2.85. The van der Waals surface area contributed by atoms with Crippen molar-refractivity contribution in [2.45, 2.75) is 32.5 Å². The minimum Gasteiger partial charge on any atom is -0.435 e. The molecule has 4 rings (SSSR count). The molecular weight excluding hydrogens is 368 g/mol. The van der Waals surface area contributed by atoms with Crippen molar-refractivity contribution in [3.05, 3.63) is 47.9 Å². The SMILES string of the molecule is CCCc1cc(N2CCO[C@@H](c3cccc(OC(F)F)c3)C2)n2ncnc2n1. The van der Waals surface area contributed by atoms with Crippen LogP contribution >= 0.6 is 0 Å². The lowest BCUT2D eigenvalue weighted by atomic mass is 10.1. The Labute approximate surface area is 160 Å². The maximum absolute atomic E-state index is 12.5. The fourth-order valence-corrected chi connectivity index (χ4v) is 3.40. The van der Waals surface area contributed by atoms with E-state index in [2.05, 4.69) is 31.6 Å². The summed E-state index contributed by atoms with van der Waals surface area (Å²) >= 11 is 0. The van der Waals surface area contributed by atoms with Gasteiger partial charge in [0.1, 0.15) is 24.0 Å². The highest BCUT2D eigenvalue weighted by Crippen LogP contribution is 2.29. The van der Waals surface area contributed by atoms with Crippen molar-refractivity contribution in [1.29, 1.82) is 0 Å². The van der Waals surface area contributed by atoms with Crippen LogP contribution in [0.5, 0.6) is 5.75 Å². The zero-order chi connectivity index (χ0) is 19.5. The largest absolute Gasteiger partial charge is 0.435 e. The van der Waals surface area contributed by atoms with Crippen molar-refractivity contribution < 1.29 is 18.3 Å². The first-order valence-electron chi connectivity index (χ1n) is 9.25. The third-order valence-corrected chi connectivity index (χ3v) is 4.64. The monoisotopic (exact) mass is 389 g/mol. The first-order valence-corrected chi connectivity index (χ1v) is 9.25. The lowest BCUT2D eigenvalue weighted by Crippen LogP contribution is -2.39. The molecule has 0 unspecified atom stereocenters. The molecule has 7 nitrogen and oxygen atoms in total. The Morgan fingerprint density at radius 1 is 1.32 bits per heavy atom. The number of halogens is 2. The van der Waals surface area contributed by atoms with E-state index in [0.717, 1.165) is 29.9 Å². The Kier molecular flexibility index (Phi) is 5.34. The summed E-state index contributed by atoms with van der Waals surface area (Å²) in [5, 5.41) is 4.30. The predicted octanol–water partition coefficient (Wildman–Crippen LogP) is 3.26. The molecule has 0 bridgehead atoms. The standard InChI is InChI=1S/C19H21F2N5O2/c1-2-4-14-10-17(26-19(24-14)22-12-23-26)25-7-8-27-16(11-25)13-5-3-6-15(9-13)28-18(20)21/h3,5-6,9-10,12,16,18H,2,4,7-8,11H2,1H3/t16-/m1/s1. The van der Waals surface area contributed by atoms with E-state index in [1.807, 2.05) is 12.1 Å². The first kappa shape index (κ1) is 18.5. The lowest BCUT2D eigenvalue weighted by Gasteiger charge is -2.34. The Morgan fingerprint density at radius 3 is 3.04 bits per heavy atom. The van der Waals surface area contributed by atoms with Gasteiger partial charge in [-0.05, 0) is 24.1 Å². The van der Waals surface area contributed by atoms with Crippen LogP contribution in [0.25, 0.3) is 5.78 Å². The Balaban J connectivity index is 1.61. The van der Waals surface area contributed by atoms with Gasteiger partial charge in [0.15, 0.2) is 0 Å². The van der Waals surface area contributed by atoms with E-state index in [4.69, 9.17) is 4.74 Å². The number of benzene rings is 1. The van der Waals surface area contributed by atoms with E-state index in [1.165, 1.54) is 12.4 Å². The summed E-state index contributed by atoms with van der Waals surface area (Å²) in [6, 6.07) is 8.68. The van der Waals surface area contributed by atoms with Gasteiger partial charge in [-0.2, -0.15) is 23.4 Å². The number of hydrogen-bond donors (Lipinski definition) is 0. The average molecular weight is 389 g/mol. The molecule has 2 aromatic heterocycles.